The average Bonchev–Trinajstić information content (AvgIpc) is 2.81. The lowest BCUT2D eigenvalue weighted by atomic mass is 10.0. The first-order valence-electron chi connectivity index (χ1n) is 5.73. The van der Waals surface area contributed by atoms with Gasteiger partial charge in [0.25, 0.3) is 0 Å². The number of aromatic nitrogens is 2. The Balaban J connectivity index is 2.10. The average molecular weight is 273 g/mol. The van der Waals surface area contributed by atoms with Crippen LogP contribution in [0.15, 0.2) is 0 Å². The van der Waals surface area contributed by atoms with Crippen LogP contribution in [0, 0.1) is 6.92 Å². The van der Waals surface area contributed by atoms with Gasteiger partial charge in [0.15, 0.2) is 5.82 Å². The topological polar surface area (TPSA) is 82.3 Å². The molecule has 1 unspecified atom stereocenters. The van der Waals surface area contributed by atoms with Crippen LogP contribution in [0.2, 0.25) is 5.28 Å². The summed E-state index contributed by atoms with van der Waals surface area (Å²) in [6, 6.07) is 0. The van der Waals surface area contributed by atoms with E-state index in [0.717, 1.165) is 6.42 Å². The SMILES string of the molecule is COC1(CNc2nc(Cl)nc(C)c2N)CCOC1. The van der Waals surface area contributed by atoms with Crippen LogP contribution in [0.4, 0.5) is 11.5 Å². The molecule has 1 aliphatic rings. The second kappa shape index (κ2) is 5.26. The second-order valence-corrected chi connectivity index (χ2v) is 4.72. The predicted octanol–water partition coefficient (Wildman–Crippen LogP) is 1.24. The first kappa shape index (κ1) is 13.3. The third kappa shape index (κ3) is 2.66. The van der Waals surface area contributed by atoms with E-state index in [9.17, 15) is 0 Å². The fourth-order valence-electron chi connectivity index (χ4n) is 1.89. The number of aryl methyl sites for hydroxylation is 1. The molecule has 0 aromatic carbocycles. The third-order valence-corrected chi connectivity index (χ3v) is 3.36. The molecule has 1 aliphatic heterocycles. The van der Waals surface area contributed by atoms with E-state index >= 15 is 0 Å². The lowest BCUT2D eigenvalue weighted by molar-refractivity contribution is -0.00624. The van der Waals surface area contributed by atoms with Gasteiger partial charge in [-0.1, -0.05) is 0 Å². The molecule has 2 heterocycles. The van der Waals surface area contributed by atoms with Crippen molar-refractivity contribution in [1.82, 2.24) is 9.97 Å². The fourth-order valence-corrected chi connectivity index (χ4v) is 2.10. The van der Waals surface area contributed by atoms with Crippen molar-refractivity contribution in [2.24, 2.45) is 0 Å². The highest BCUT2D eigenvalue weighted by Gasteiger charge is 2.35. The molecule has 100 valence electrons. The van der Waals surface area contributed by atoms with Crippen molar-refractivity contribution in [3.05, 3.63) is 11.0 Å². The number of methoxy groups -OCH3 is 1. The summed E-state index contributed by atoms with van der Waals surface area (Å²) in [5.74, 6) is 0.538. The molecule has 0 saturated carbocycles. The Kier molecular flexibility index (Phi) is 3.89. The van der Waals surface area contributed by atoms with Gasteiger partial charge in [-0.2, -0.15) is 4.98 Å². The van der Waals surface area contributed by atoms with Crippen molar-refractivity contribution in [1.29, 1.82) is 0 Å². The molecule has 18 heavy (non-hydrogen) atoms. The highest BCUT2D eigenvalue weighted by atomic mass is 35.5. The van der Waals surface area contributed by atoms with Gasteiger partial charge in [-0.3, -0.25) is 0 Å². The zero-order valence-corrected chi connectivity index (χ0v) is 11.3. The van der Waals surface area contributed by atoms with Crippen molar-refractivity contribution >= 4 is 23.1 Å². The van der Waals surface area contributed by atoms with Gasteiger partial charge >= 0.3 is 0 Å². The van der Waals surface area contributed by atoms with Crippen molar-refractivity contribution in [2.75, 3.05) is 37.9 Å². The molecule has 1 saturated heterocycles. The van der Waals surface area contributed by atoms with Crippen LogP contribution in [-0.2, 0) is 9.47 Å². The highest BCUT2D eigenvalue weighted by Crippen LogP contribution is 2.25. The van der Waals surface area contributed by atoms with Crippen molar-refractivity contribution < 1.29 is 9.47 Å². The van der Waals surface area contributed by atoms with E-state index in [1.165, 1.54) is 0 Å². The van der Waals surface area contributed by atoms with E-state index in [0.29, 0.717) is 37.0 Å². The number of nitrogens with one attached hydrogen (secondary N) is 1. The Morgan fingerprint density at radius 3 is 2.94 bits per heavy atom. The standard InChI is InChI=1S/C11H17ClN4O2/c1-7-8(13)9(16-10(12)15-7)14-5-11(17-2)3-4-18-6-11/h3-6,13H2,1-2H3,(H,14,15,16). The molecule has 1 aromatic heterocycles. The minimum absolute atomic E-state index is 0.179. The minimum atomic E-state index is -0.322. The van der Waals surface area contributed by atoms with Gasteiger partial charge in [0.05, 0.1) is 18.0 Å². The van der Waals surface area contributed by atoms with Crippen LogP contribution in [0.25, 0.3) is 0 Å². The number of nitrogens with two attached hydrogens (primary N) is 1. The Hall–Kier alpha value is -1.11. The van der Waals surface area contributed by atoms with E-state index < -0.39 is 0 Å². The summed E-state index contributed by atoms with van der Waals surface area (Å²) in [4.78, 5) is 8.07. The van der Waals surface area contributed by atoms with Crippen LogP contribution >= 0.6 is 11.6 Å². The number of nitrogen functional groups attached to an aromatic ring is 1. The van der Waals surface area contributed by atoms with Gasteiger partial charge in [-0.25, -0.2) is 4.98 Å². The van der Waals surface area contributed by atoms with Crippen LogP contribution in [-0.4, -0.2) is 42.4 Å². The summed E-state index contributed by atoms with van der Waals surface area (Å²) >= 11 is 5.81. The van der Waals surface area contributed by atoms with Crippen LogP contribution in [0.3, 0.4) is 0 Å². The second-order valence-electron chi connectivity index (χ2n) is 4.38. The zero-order valence-electron chi connectivity index (χ0n) is 10.5. The van der Waals surface area contributed by atoms with E-state index in [4.69, 9.17) is 26.8 Å². The number of hydrogen-bond acceptors (Lipinski definition) is 6. The summed E-state index contributed by atoms with van der Waals surface area (Å²) in [7, 11) is 1.68. The Bertz CT molecular complexity index is 435. The summed E-state index contributed by atoms with van der Waals surface area (Å²) < 4.78 is 10.9. The number of nitrogens with zero attached hydrogens (tertiary/aromatic N) is 2. The Labute approximate surface area is 111 Å². The summed E-state index contributed by atoms with van der Waals surface area (Å²) in [6.07, 6.45) is 0.841. The molecule has 1 aromatic rings. The van der Waals surface area contributed by atoms with E-state index in [1.807, 2.05) is 0 Å². The number of anilines is 2. The van der Waals surface area contributed by atoms with E-state index in [1.54, 1.807) is 14.0 Å². The van der Waals surface area contributed by atoms with Gasteiger partial charge in [-0.05, 0) is 18.5 Å². The molecular formula is C11H17ClN4O2. The van der Waals surface area contributed by atoms with Crippen LogP contribution in [0.1, 0.15) is 12.1 Å². The van der Waals surface area contributed by atoms with Gasteiger partial charge in [0, 0.05) is 26.7 Å². The van der Waals surface area contributed by atoms with Crippen molar-refractivity contribution in [3.8, 4) is 0 Å². The molecule has 0 radical (unpaired) electrons. The molecule has 0 bridgehead atoms. The van der Waals surface area contributed by atoms with Gasteiger partial charge in [-0.15, -0.1) is 0 Å². The molecule has 0 aliphatic carbocycles. The summed E-state index contributed by atoms with van der Waals surface area (Å²) in [6.45, 7) is 3.63. The summed E-state index contributed by atoms with van der Waals surface area (Å²) in [5, 5.41) is 3.34. The minimum Gasteiger partial charge on any atom is -0.394 e. The number of hydrogen-bond donors (Lipinski definition) is 2. The highest BCUT2D eigenvalue weighted by molar-refractivity contribution is 6.28. The van der Waals surface area contributed by atoms with E-state index in [-0.39, 0.29) is 10.9 Å². The normalized spacial score (nSPS) is 23.3. The predicted molar refractivity (Wildman–Crippen MR) is 69.9 cm³/mol. The molecule has 0 spiro atoms. The molecule has 2 rings (SSSR count). The maximum Gasteiger partial charge on any atom is 0.224 e. The maximum atomic E-state index is 5.90. The van der Waals surface area contributed by atoms with Gasteiger partial charge in [0.2, 0.25) is 5.28 Å². The lowest BCUT2D eigenvalue weighted by Gasteiger charge is -2.26. The molecule has 3 N–H and O–H groups in total. The molecule has 0 amide bonds. The first-order chi connectivity index (χ1) is 8.56. The Morgan fingerprint density at radius 2 is 2.33 bits per heavy atom. The van der Waals surface area contributed by atoms with Gasteiger partial charge < -0.3 is 20.5 Å². The first-order valence-corrected chi connectivity index (χ1v) is 6.10. The van der Waals surface area contributed by atoms with Crippen LogP contribution < -0.4 is 11.1 Å². The molecule has 1 atom stereocenters. The van der Waals surface area contributed by atoms with Gasteiger partial charge in [0.1, 0.15) is 5.60 Å². The van der Waals surface area contributed by atoms with Crippen molar-refractivity contribution in [3.63, 3.8) is 0 Å². The quantitative estimate of drug-likeness (QED) is 0.803. The molecule has 7 heteroatoms. The summed E-state index contributed by atoms with van der Waals surface area (Å²) in [5.41, 5.74) is 6.74. The molecule has 1 fully saturated rings. The number of ether oxygens (including phenoxy) is 2. The Morgan fingerprint density at radius 1 is 1.56 bits per heavy atom. The van der Waals surface area contributed by atoms with Crippen molar-refractivity contribution in [2.45, 2.75) is 18.9 Å². The third-order valence-electron chi connectivity index (χ3n) is 3.19. The lowest BCUT2D eigenvalue weighted by Crippen LogP contribution is -2.39. The maximum absolute atomic E-state index is 5.90. The fraction of sp³-hybridized carbons (Fsp3) is 0.636. The molecular weight excluding hydrogens is 256 g/mol. The largest absolute Gasteiger partial charge is 0.394 e. The smallest absolute Gasteiger partial charge is 0.224 e. The zero-order chi connectivity index (χ0) is 13.2. The molecule has 6 nitrogen and oxygen atoms in total. The van der Waals surface area contributed by atoms with Crippen LogP contribution in [0.5, 0.6) is 0 Å². The number of halogens is 1. The number of rotatable bonds is 4. The monoisotopic (exact) mass is 272 g/mol. The van der Waals surface area contributed by atoms with E-state index in [2.05, 4.69) is 15.3 Å².